The standard InChI is InChI=1S/C21H17N3O/c25-14-15-7-6-10-17(13-15)22-21-18-11-4-5-12-19(18)23-20(24-21)16-8-2-1-3-9-16/h1-13,25H,14H2,(H,22,23,24). The summed E-state index contributed by atoms with van der Waals surface area (Å²) in [5.74, 6) is 1.43. The van der Waals surface area contributed by atoms with Crippen molar-refractivity contribution in [3.05, 3.63) is 84.4 Å². The highest BCUT2D eigenvalue weighted by atomic mass is 16.3. The SMILES string of the molecule is OCc1cccc(Nc2nc(-c3ccccc3)nc3ccccc23)c1. The van der Waals surface area contributed by atoms with Crippen LogP contribution in [-0.2, 0) is 6.61 Å². The number of hydrogen-bond acceptors (Lipinski definition) is 4. The molecule has 4 aromatic rings. The van der Waals surface area contributed by atoms with Crippen molar-refractivity contribution in [1.82, 2.24) is 9.97 Å². The maximum Gasteiger partial charge on any atom is 0.162 e. The Hall–Kier alpha value is -3.24. The first kappa shape index (κ1) is 15.3. The van der Waals surface area contributed by atoms with Gasteiger partial charge in [0.2, 0.25) is 0 Å². The third-order valence-corrected chi connectivity index (χ3v) is 4.01. The molecule has 0 radical (unpaired) electrons. The van der Waals surface area contributed by atoms with Gasteiger partial charge in [0, 0.05) is 16.6 Å². The van der Waals surface area contributed by atoms with Gasteiger partial charge < -0.3 is 10.4 Å². The van der Waals surface area contributed by atoms with E-state index in [0.29, 0.717) is 5.82 Å². The van der Waals surface area contributed by atoms with Gasteiger partial charge in [-0.1, -0.05) is 54.6 Å². The van der Waals surface area contributed by atoms with Crippen LogP contribution in [0.4, 0.5) is 11.5 Å². The molecule has 0 aliphatic rings. The minimum atomic E-state index is 0.00923. The Morgan fingerprint density at radius 3 is 2.44 bits per heavy atom. The Morgan fingerprint density at radius 2 is 1.60 bits per heavy atom. The number of para-hydroxylation sites is 1. The fraction of sp³-hybridized carbons (Fsp3) is 0.0476. The summed E-state index contributed by atoms with van der Waals surface area (Å²) < 4.78 is 0. The highest BCUT2D eigenvalue weighted by Crippen LogP contribution is 2.27. The van der Waals surface area contributed by atoms with E-state index in [2.05, 4.69) is 5.32 Å². The zero-order valence-corrected chi connectivity index (χ0v) is 13.6. The molecule has 3 aromatic carbocycles. The fourth-order valence-corrected chi connectivity index (χ4v) is 2.77. The number of fused-ring (bicyclic) bond motifs is 1. The molecule has 0 saturated carbocycles. The summed E-state index contributed by atoms with van der Waals surface area (Å²) in [6.07, 6.45) is 0. The second-order valence-corrected chi connectivity index (χ2v) is 5.76. The van der Waals surface area contributed by atoms with Gasteiger partial charge in [-0.2, -0.15) is 0 Å². The van der Waals surface area contributed by atoms with E-state index in [1.807, 2.05) is 78.9 Å². The zero-order chi connectivity index (χ0) is 17.1. The summed E-state index contributed by atoms with van der Waals surface area (Å²) in [7, 11) is 0. The minimum absolute atomic E-state index is 0.00923. The molecule has 122 valence electrons. The highest BCUT2D eigenvalue weighted by Gasteiger charge is 2.09. The van der Waals surface area contributed by atoms with Gasteiger partial charge in [0.15, 0.2) is 5.82 Å². The van der Waals surface area contributed by atoms with Crippen molar-refractivity contribution in [2.24, 2.45) is 0 Å². The smallest absolute Gasteiger partial charge is 0.162 e. The summed E-state index contributed by atoms with van der Waals surface area (Å²) in [5.41, 5.74) is 3.60. The average molecular weight is 327 g/mol. The molecular formula is C21H17N3O. The van der Waals surface area contributed by atoms with Gasteiger partial charge in [-0.25, -0.2) is 9.97 Å². The van der Waals surface area contributed by atoms with Crippen molar-refractivity contribution in [3.63, 3.8) is 0 Å². The Kier molecular flexibility index (Phi) is 4.11. The van der Waals surface area contributed by atoms with Gasteiger partial charge in [0.25, 0.3) is 0 Å². The summed E-state index contributed by atoms with van der Waals surface area (Å²) in [4.78, 5) is 9.43. The van der Waals surface area contributed by atoms with Crippen LogP contribution in [0.5, 0.6) is 0 Å². The summed E-state index contributed by atoms with van der Waals surface area (Å²) in [6, 6.07) is 25.5. The Bertz CT molecular complexity index is 1020. The predicted octanol–water partition coefficient (Wildman–Crippen LogP) is 4.53. The van der Waals surface area contributed by atoms with Gasteiger partial charge in [-0.05, 0) is 29.8 Å². The molecule has 4 nitrogen and oxygen atoms in total. The van der Waals surface area contributed by atoms with Gasteiger partial charge >= 0.3 is 0 Å². The number of nitrogens with zero attached hydrogens (tertiary/aromatic N) is 2. The molecule has 1 heterocycles. The van der Waals surface area contributed by atoms with Crippen molar-refractivity contribution in [2.45, 2.75) is 6.61 Å². The quantitative estimate of drug-likeness (QED) is 0.578. The molecule has 4 rings (SSSR count). The second-order valence-electron chi connectivity index (χ2n) is 5.76. The molecule has 2 N–H and O–H groups in total. The first-order valence-electron chi connectivity index (χ1n) is 8.12. The third-order valence-electron chi connectivity index (χ3n) is 4.01. The maximum absolute atomic E-state index is 9.34. The third kappa shape index (κ3) is 3.20. The van der Waals surface area contributed by atoms with Gasteiger partial charge in [0.1, 0.15) is 5.82 Å². The number of aliphatic hydroxyl groups excluding tert-OH is 1. The first-order valence-corrected chi connectivity index (χ1v) is 8.12. The number of aromatic nitrogens is 2. The van der Waals surface area contributed by atoms with E-state index in [4.69, 9.17) is 9.97 Å². The lowest BCUT2D eigenvalue weighted by Gasteiger charge is -2.11. The van der Waals surface area contributed by atoms with E-state index >= 15 is 0 Å². The fourth-order valence-electron chi connectivity index (χ4n) is 2.77. The number of nitrogens with one attached hydrogen (secondary N) is 1. The Labute approximate surface area is 145 Å². The number of aliphatic hydroxyl groups is 1. The summed E-state index contributed by atoms with van der Waals surface area (Å²) in [5, 5.41) is 13.7. The van der Waals surface area contributed by atoms with E-state index in [-0.39, 0.29) is 6.61 Å². The molecule has 0 unspecified atom stereocenters. The molecule has 0 spiro atoms. The first-order chi connectivity index (χ1) is 12.3. The molecule has 1 aromatic heterocycles. The van der Waals surface area contributed by atoms with Crippen LogP contribution in [0.15, 0.2) is 78.9 Å². The molecule has 0 atom stereocenters. The molecule has 0 saturated heterocycles. The van der Waals surface area contributed by atoms with Gasteiger partial charge in [-0.15, -0.1) is 0 Å². The molecule has 4 heteroatoms. The van der Waals surface area contributed by atoms with E-state index in [1.165, 1.54) is 0 Å². The normalized spacial score (nSPS) is 10.8. The largest absolute Gasteiger partial charge is 0.392 e. The van der Waals surface area contributed by atoms with Crippen molar-refractivity contribution in [1.29, 1.82) is 0 Å². The van der Waals surface area contributed by atoms with Gasteiger partial charge in [-0.3, -0.25) is 0 Å². The van der Waals surface area contributed by atoms with Crippen molar-refractivity contribution < 1.29 is 5.11 Å². The molecule has 0 aliphatic heterocycles. The Balaban J connectivity index is 1.83. The van der Waals surface area contributed by atoms with Crippen LogP contribution in [0.2, 0.25) is 0 Å². The minimum Gasteiger partial charge on any atom is -0.392 e. The average Bonchev–Trinajstić information content (AvgIpc) is 2.69. The number of anilines is 2. The van der Waals surface area contributed by atoms with Crippen LogP contribution in [-0.4, -0.2) is 15.1 Å². The predicted molar refractivity (Wildman–Crippen MR) is 101 cm³/mol. The van der Waals surface area contributed by atoms with Crippen LogP contribution in [0.3, 0.4) is 0 Å². The molecule has 0 bridgehead atoms. The second kappa shape index (κ2) is 6.71. The highest BCUT2D eigenvalue weighted by molar-refractivity contribution is 5.92. The van der Waals surface area contributed by atoms with Crippen LogP contribution in [0.1, 0.15) is 5.56 Å². The lowest BCUT2D eigenvalue weighted by atomic mass is 10.1. The molecule has 0 aliphatic carbocycles. The molecule has 25 heavy (non-hydrogen) atoms. The zero-order valence-electron chi connectivity index (χ0n) is 13.6. The van der Waals surface area contributed by atoms with Crippen molar-refractivity contribution in [2.75, 3.05) is 5.32 Å². The van der Waals surface area contributed by atoms with Crippen LogP contribution < -0.4 is 5.32 Å². The van der Waals surface area contributed by atoms with E-state index in [9.17, 15) is 5.11 Å². The maximum atomic E-state index is 9.34. The number of rotatable bonds is 4. The molecule has 0 amide bonds. The summed E-state index contributed by atoms with van der Waals surface area (Å²) >= 11 is 0. The summed E-state index contributed by atoms with van der Waals surface area (Å²) in [6.45, 7) is 0.00923. The lowest BCUT2D eigenvalue weighted by molar-refractivity contribution is 0.282. The van der Waals surface area contributed by atoms with Crippen LogP contribution in [0.25, 0.3) is 22.3 Å². The van der Waals surface area contributed by atoms with E-state index < -0.39 is 0 Å². The van der Waals surface area contributed by atoms with Crippen molar-refractivity contribution in [3.8, 4) is 11.4 Å². The number of benzene rings is 3. The molecule has 0 fully saturated rings. The van der Waals surface area contributed by atoms with Crippen LogP contribution in [0, 0.1) is 0 Å². The number of hydrogen-bond donors (Lipinski definition) is 2. The monoisotopic (exact) mass is 327 g/mol. The van der Waals surface area contributed by atoms with Gasteiger partial charge in [0.05, 0.1) is 12.1 Å². The Morgan fingerprint density at radius 1 is 0.800 bits per heavy atom. The lowest BCUT2D eigenvalue weighted by Crippen LogP contribution is -1.99. The van der Waals surface area contributed by atoms with Crippen molar-refractivity contribution >= 4 is 22.4 Å². The van der Waals surface area contributed by atoms with E-state index in [1.54, 1.807) is 0 Å². The topological polar surface area (TPSA) is 58.0 Å². The molecular weight excluding hydrogens is 310 g/mol. The van der Waals surface area contributed by atoms with Crippen LogP contribution >= 0.6 is 0 Å². The van der Waals surface area contributed by atoms with E-state index in [0.717, 1.165) is 33.5 Å².